The van der Waals surface area contributed by atoms with Crippen LogP contribution >= 0.6 is 24.0 Å². The van der Waals surface area contributed by atoms with Crippen molar-refractivity contribution in [2.75, 3.05) is 27.7 Å². The van der Waals surface area contributed by atoms with Crippen molar-refractivity contribution in [2.24, 2.45) is 0 Å². The Morgan fingerprint density at radius 2 is 0.621 bits per heavy atom. The van der Waals surface area contributed by atoms with E-state index in [9.17, 15) is 0 Å². The zero-order valence-corrected chi connectivity index (χ0v) is 25.3. The van der Waals surface area contributed by atoms with E-state index in [2.05, 4.69) is 28.1 Å². The molecule has 3 N–H and O–H groups in total. The van der Waals surface area contributed by atoms with Crippen LogP contribution in [0.4, 0.5) is 0 Å². The minimum Gasteiger partial charge on any atom is -1.00 e. The molecular weight excluding hydrogens is 582 g/mol. The molecular formula is C25H58I2N2. The summed E-state index contributed by atoms with van der Waals surface area (Å²) < 4.78 is 1.12. The molecule has 182 valence electrons. The highest BCUT2D eigenvalue weighted by Crippen LogP contribution is 2.14. The lowest BCUT2D eigenvalue weighted by atomic mass is 10.0. The van der Waals surface area contributed by atoms with E-state index in [1.807, 2.05) is 0 Å². The van der Waals surface area contributed by atoms with Gasteiger partial charge in [0.05, 0.1) is 27.7 Å². The second kappa shape index (κ2) is 29.4. The molecule has 0 saturated carbocycles. The van der Waals surface area contributed by atoms with Gasteiger partial charge < -0.3 is 34.6 Å². The van der Waals surface area contributed by atoms with Gasteiger partial charge in [0, 0.05) is 0 Å². The molecule has 2 nitrogen and oxygen atoms in total. The maximum Gasteiger partial charge on any atom is 0.0780 e. The quantitative estimate of drug-likeness (QED) is 0.0893. The Balaban J connectivity index is -0.00000104. The van der Waals surface area contributed by atoms with Crippen molar-refractivity contribution < 1.29 is 28.5 Å². The third kappa shape index (κ3) is 37.1. The van der Waals surface area contributed by atoms with E-state index in [1.165, 1.54) is 135 Å². The lowest BCUT2D eigenvalue weighted by Gasteiger charge is -2.23. The topological polar surface area (TPSA) is 35.0 Å². The van der Waals surface area contributed by atoms with Crippen LogP contribution in [0.1, 0.15) is 135 Å². The Morgan fingerprint density at radius 3 is 0.828 bits per heavy atom. The number of hydrogen-bond acceptors (Lipinski definition) is 1. The molecule has 0 unspecified atom stereocenters. The van der Waals surface area contributed by atoms with Gasteiger partial charge in [0.25, 0.3) is 0 Å². The molecule has 0 bridgehead atoms. The average Bonchev–Trinajstić information content (AvgIpc) is 2.59. The zero-order chi connectivity index (χ0) is 19.3. The van der Waals surface area contributed by atoms with E-state index in [1.54, 1.807) is 0 Å². The molecule has 0 atom stereocenters. The predicted octanol–water partition coefficient (Wildman–Crippen LogP) is 6.30. The summed E-state index contributed by atoms with van der Waals surface area (Å²) in [5.41, 5.74) is 0. The van der Waals surface area contributed by atoms with Gasteiger partial charge in [0.1, 0.15) is 0 Å². The fourth-order valence-corrected chi connectivity index (χ4v) is 3.84. The van der Waals surface area contributed by atoms with Gasteiger partial charge in [0.2, 0.25) is 0 Å². The summed E-state index contributed by atoms with van der Waals surface area (Å²) in [5, 5.41) is 0. The smallest absolute Gasteiger partial charge is 0.0780 e. The molecule has 0 rings (SSSR count). The van der Waals surface area contributed by atoms with Crippen LogP contribution in [0.2, 0.25) is 0 Å². The second-order valence-corrected chi connectivity index (χ2v) is 9.73. The normalized spacial score (nSPS) is 10.8. The van der Waals surface area contributed by atoms with Crippen molar-refractivity contribution >= 4 is 24.0 Å². The van der Waals surface area contributed by atoms with Gasteiger partial charge in [-0.3, -0.25) is 0 Å². The van der Waals surface area contributed by atoms with Gasteiger partial charge in [-0.2, -0.15) is 0 Å². The maximum absolute atomic E-state index is 2.30. The van der Waals surface area contributed by atoms with E-state index < -0.39 is 0 Å². The summed E-state index contributed by atoms with van der Waals surface area (Å²) in [6.07, 6.45) is 29.3. The van der Waals surface area contributed by atoms with Gasteiger partial charge in [-0.15, -0.1) is 24.0 Å². The molecule has 0 fully saturated rings. The summed E-state index contributed by atoms with van der Waals surface area (Å²) in [4.78, 5) is 0. The molecule has 0 spiro atoms. The summed E-state index contributed by atoms with van der Waals surface area (Å²) in [5.74, 6) is 0. The fourth-order valence-electron chi connectivity index (χ4n) is 3.84. The monoisotopic (exact) mass is 640 g/mol. The second-order valence-electron chi connectivity index (χ2n) is 9.73. The third-order valence-corrected chi connectivity index (χ3v) is 5.68. The lowest BCUT2D eigenvalue weighted by Crippen LogP contribution is -3.00. The highest BCUT2D eigenvalue weighted by atomic mass is 127. The first-order chi connectivity index (χ1) is 12.6. The zero-order valence-electron chi connectivity index (χ0n) is 20.8. The molecule has 0 aromatic rings. The number of unbranched alkanes of at least 4 members (excludes halogenated alkanes) is 19. The molecule has 0 aliphatic heterocycles. The van der Waals surface area contributed by atoms with E-state index in [-0.39, 0.29) is 54.1 Å². The van der Waals surface area contributed by atoms with Crippen molar-refractivity contribution in [3.05, 3.63) is 0 Å². The van der Waals surface area contributed by atoms with Crippen LogP contribution < -0.4 is 30.1 Å². The SMILES string of the molecule is CCCCCCCCCCCCCCCCCCCCCC[N+](C)(C)C.I.N.[I-]. The summed E-state index contributed by atoms with van der Waals surface area (Å²) >= 11 is 0. The lowest BCUT2D eigenvalue weighted by molar-refractivity contribution is -0.870. The molecule has 0 aliphatic carbocycles. The Hall–Kier alpha value is 1.38. The molecule has 4 heteroatoms. The number of nitrogens with zero attached hydrogens (tertiary/aromatic N) is 1. The number of halogens is 2. The molecule has 0 aromatic carbocycles. The van der Waals surface area contributed by atoms with Crippen molar-refractivity contribution in [3.8, 4) is 0 Å². The van der Waals surface area contributed by atoms with Crippen molar-refractivity contribution in [1.29, 1.82) is 0 Å². The minimum atomic E-state index is 0. The average molecular weight is 641 g/mol. The van der Waals surface area contributed by atoms with Gasteiger partial charge >= 0.3 is 0 Å². The first kappa shape index (κ1) is 37.7. The summed E-state index contributed by atoms with van der Waals surface area (Å²) in [6.45, 7) is 3.63. The van der Waals surface area contributed by atoms with Crippen molar-refractivity contribution in [2.45, 2.75) is 135 Å². The first-order valence-corrected chi connectivity index (χ1v) is 12.4. The Morgan fingerprint density at radius 1 is 0.414 bits per heavy atom. The summed E-state index contributed by atoms with van der Waals surface area (Å²) in [6, 6.07) is 0. The van der Waals surface area contributed by atoms with Crippen LogP contribution in [0.5, 0.6) is 0 Å². The van der Waals surface area contributed by atoms with E-state index in [0.717, 1.165) is 4.48 Å². The van der Waals surface area contributed by atoms with Crippen molar-refractivity contribution in [1.82, 2.24) is 6.15 Å². The summed E-state index contributed by atoms with van der Waals surface area (Å²) in [7, 11) is 6.90. The fraction of sp³-hybridized carbons (Fsp3) is 1.00. The highest BCUT2D eigenvalue weighted by molar-refractivity contribution is 14.0. The molecule has 0 aliphatic rings. The molecule has 0 saturated heterocycles. The van der Waals surface area contributed by atoms with Crippen LogP contribution in [-0.4, -0.2) is 32.2 Å². The van der Waals surface area contributed by atoms with Crippen LogP contribution in [0.15, 0.2) is 0 Å². The predicted molar refractivity (Wildman–Crippen MR) is 141 cm³/mol. The van der Waals surface area contributed by atoms with E-state index >= 15 is 0 Å². The largest absolute Gasteiger partial charge is 1.00 e. The number of quaternary nitrogens is 1. The van der Waals surface area contributed by atoms with Crippen LogP contribution in [-0.2, 0) is 0 Å². The van der Waals surface area contributed by atoms with Gasteiger partial charge in [0.15, 0.2) is 0 Å². The van der Waals surface area contributed by atoms with E-state index in [4.69, 9.17) is 0 Å². The Labute approximate surface area is 220 Å². The van der Waals surface area contributed by atoms with Crippen molar-refractivity contribution in [3.63, 3.8) is 0 Å². The van der Waals surface area contributed by atoms with Crippen LogP contribution in [0, 0.1) is 0 Å². The van der Waals surface area contributed by atoms with Gasteiger partial charge in [-0.1, -0.05) is 122 Å². The number of hydrogen-bond donors (Lipinski definition) is 1. The minimum absolute atomic E-state index is 0. The first-order valence-electron chi connectivity index (χ1n) is 12.4. The maximum atomic E-state index is 2.30. The molecule has 0 aromatic heterocycles. The molecule has 0 radical (unpaired) electrons. The van der Waals surface area contributed by atoms with Gasteiger partial charge in [-0.05, 0) is 12.8 Å². The van der Waals surface area contributed by atoms with Gasteiger partial charge in [-0.25, -0.2) is 0 Å². The Kier molecular flexibility index (Phi) is 38.2. The molecule has 29 heavy (non-hydrogen) atoms. The Bertz CT molecular complexity index is 268. The third-order valence-electron chi connectivity index (χ3n) is 5.68. The highest BCUT2D eigenvalue weighted by Gasteiger charge is 2.04. The van der Waals surface area contributed by atoms with Crippen LogP contribution in [0.3, 0.4) is 0 Å². The molecule has 0 amide bonds. The van der Waals surface area contributed by atoms with E-state index in [0.29, 0.717) is 0 Å². The standard InChI is InChI=1S/C25H54N.2HI.H3N/c1-5-6-7-8-9-10-11-12-13-14-15-16-17-18-19-20-21-22-23-24-25-26(2,3)4;;;/h5-25H2,1-4H3;2*1H;1H3/q+1;;;/p-1. The molecule has 0 heterocycles. The van der Waals surface area contributed by atoms with Crippen LogP contribution in [0.25, 0.3) is 0 Å². The number of rotatable bonds is 21.